The molecule has 0 aliphatic rings. The van der Waals surface area contributed by atoms with Gasteiger partial charge in [-0.25, -0.2) is 0 Å². The molecule has 0 amide bonds. The van der Waals surface area contributed by atoms with Gasteiger partial charge in [0.2, 0.25) is 0 Å². The van der Waals surface area contributed by atoms with Gasteiger partial charge in [-0.3, -0.25) is 4.68 Å². The lowest BCUT2D eigenvalue weighted by molar-refractivity contribution is 0.451. The van der Waals surface area contributed by atoms with Crippen molar-refractivity contribution in [3.8, 4) is 0 Å². The van der Waals surface area contributed by atoms with Gasteiger partial charge < -0.3 is 5.32 Å². The third-order valence-corrected chi connectivity index (χ3v) is 3.85. The second kappa shape index (κ2) is 5.61. The monoisotopic (exact) mass is 299 g/mol. The van der Waals surface area contributed by atoms with Crippen LogP contribution >= 0.6 is 27.3 Å². The van der Waals surface area contributed by atoms with Gasteiger partial charge in [0.1, 0.15) is 0 Å². The zero-order chi connectivity index (χ0) is 11.4. The summed E-state index contributed by atoms with van der Waals surface area (Å²) in [5.74, 6) is 0. The Kier molecular flexibility index (Phi) is 4.15. The van der Waals surface area contributed by atoms with E-state index in [1.807, 2.05) is 23.1 Å². The van der Waals surface area contributed by atoms with Crippen LogP contribution in [0.5, 0.6) is 0 Å². The van der Waals surface area contributed by atoms with Crippen LogP contribution in [0.1, 0.15) is 12.5 Å². The Labute approximate surface area is 108 Å². The van der Waals surface area contributed by atoms with Gasteiger partial charge >= 0.3 is 0 Å². The quantitative estimate of drug-likeness (QED) is 0.920. The SMILES string of the molecule is CC(Cn1cccn1)NCc1csc(Br)c1. The highest BCUT2D eigenvalue weighted by Gasteiger charge is 2.03. The van der Waals surface area contributed by atoms with E-state index in [0.29, 0.717) is 6.04 Å². The van der Waals surface area contributed by atoms with Crippen molar-refractivity contribution in [3.63, 3.8) is 0 Å². The first kappa shape index (κ1) is 11.8. The third-order valence-electron chi connectivity index (χ3n) is 2.30. The van der Waals surface area contributed by atoms with E-state index in [9.17, 15) is 0 Å². The van der Waals surface area contributed by atoms with Gasteiger partial charge in [0.15, 0.2) is 0 Å². The van der Waals surface area contributed by atoms with Gasteiger partial charge in [-0.2, -0.15) is 5.10 Å². The molecule has 0 aromatic carbocycles. The van der Waals surface area contributed by atoms with Crippen molar-refractivity contribution in [2.45, 2.75) is 26.1 Å². The fraction of sp³-hybridized carbons (Fsp3) is 0.364. The molecule has 0 aliphatic heterocycles. The van der Waals surface area contributed by atoms with Gasteiger partial charge in [0, 0.05) is 25.0 Å². The summed E-state index contributed by atoms with van der Waals surface area (Å²) in [7, 11) is 0. The minimum Gasteiger partial charge on any atom is -0.308 e. The molecular weight excluding hydrogens is 286 g/mol. The zero-order valence-corrected chi connectivity index (χ0v) is 11.5. The molecule has 3 nitrogen and oxygen atoms in total. The number of halogens is 1. The van der Waals surface area contributed by atoms with Crippen molar-refractivity contribution in [1.29, 1.82) is 0 Å². The highest BCUT2D eigenvalue weighted by atomic mass is 79.9. The van der Waals surface area contributed by atoms with E-state index in [0.717, 1.165) is 13.1 Å². The first-order chi connectivity index (χ1) is 7.74. The van der Waals surface area contributed by atoms with Crippen molar-refractivity contribution in [2.24, 2.45) is 0 Å². The zero-order valence-electron chi connectivity index (χ0n) is 9.06. The maximum Gasteiger partial charge on any atom is 0.0701 e. The molecule has 0 bridgehead atoms. The summed E-state index contributed by atoms with van der Waals surface area (Å²) in [5.41, 5.74) is 1.32. The predicted molar refractivity (Wildman–Crippen MR) is 70.5 cm³/mol. The van der Waals surface area contributed by atoms with Crippen molar-refractivity contribution >= 4 is 27.3 Å². The molecule has 1 N–H and O–H groups in total. The summed E-state index contributed by atoms with van der Waals surface area (Å²) in [6.07, 6.45) is 3.79. The topological polar surface area (TPSA) is 29.9 Å². The highest BCUT2D eigenvalue weighted by molar-refractivity contribution is 9.11. The van der Waals surface area contributed by atoms with Crippen LogP contribution in [-0.4, -0.2) is 15.8 Å². The van der Waals surface area contributed by atoms with Crippen LogP contribution in [0, 0.1) is 0 Å². The predicted octanol–water partition coefficient (Wildman–Crippen LogP) is 2.89. The fourth-order valence-electron chi connectivity index (χ4n) is 1.48. The van der Waals surface area contributed by atoms with Crippen molar-refractivity contribution in [2.75, 3.05) is 0 Å². The number of nitrogens with one attached hydrogen (secondary N) is 1. The lowest BCUT2D eigenvalue weighted by Crippen LogP contribution is -2.29. The summed E-state index contributed by atoms with van der Waals surface area (Å²) < 4.78 is 3.13. The normalized spacial score (nSPS) is 12.9. The first-order valence-corrected chi connectivity index (χ1v) is 6.85. The van der Waals surface area contributed by atoms with Crippen LogP contribution in [-0.2, 0) is 13.1 Å². The second-order valence-corrected chi connectivity index (χ2v) is 6.06. The van der Waals surface area contributed by atoms with Crippen molar-refractivity contribution in [1.82, 2.24) is 15.1 Å². The maximum absolute atomic E-state index is 4.19. The molecule has 1 unspecified atom stereocenters. The van der Waals surface area contributed by atoms with E-state index in [-0.39, 0.29) is 0 Å². The Morgan fingerprint density at radius 1 is 1.62 bits per heavy atom. The number of hydrogen-bond acceptors (Lipinski definition) is 3. The maximum atomic E-state index is 4.19. The summed E-state index contributed by atoms with van der Waals surface area (Å²) in [5, 5.41) is 9.83. The molecule has 2 heterocycles. The number of rotatable bonds is 5. The lowest BCUT2D eigenvalue weighted by Gasteiger charge is -2.13. The second-order valence-electron chi connectivity index (χ2n) is 3.77. The van der Waals surface area contributed by atoms with Gasteiger partial charge in [-0.15, -0.1) is 11.3 Å². The van der Waals surface area contributed by atoms with Gasteiger partial charge in [0.05, 0.1) is 10.3 Å². The Morgan fingerprint density at radius 3 is 3.12 bits per heavy atom. The summed E-state index contributed by atoms with van der Waals surface area (Å²) in [6.45, 7) is 3.98. The van der Waals surface area contributed by atoms with E-state index in [1.165, 1.54) is 9.35 Å². The summed E-state index contributed by atoms with van der Waals surface area (Å²) in [6, 6.07) is 4.51. The molecule has 0 saturated heterocycles. The van der Waals surface area contributed by atoms with Gasteiger partial charge in [-0.05, 0) is 45.9 Å². The van der Waals surface area contributed by atoms with E-state index in [4.69, 9.17) is 0 Å². The molecule has 2 rings (SSSR count). The third kappa shape index (κ3) is 3.43. The smallest absolute Gasteiger partial charge is 0.0701 e. The first-order valence-electron chi connectivity index (χ1n) is 5.18. The van der Waals surface area contributed by atoms with Crippen molar-refractivity contribution < 1.29 is 0 Å². The van der Waals surface area contributed by atoms with Crippen LogP contribution in [0.15, 0.2) is 33.7 Å². The molecule has 5 heteroatoms. The van der Waals surface area contributed by atoms with Gasteiger partial charge in [-0.1, -0.05) is 0 Å². The van der Waals surface area contributed by atoms with Crippen LogP contribution in [0.2, 0.25) is 0 Å². The Bertz CT molecular complexity index is 424. The Hall–Kier alpha value is -0.650. The van der Waals surface area contributed by atoms with E-state index in [1.54, 1.807) is 11.3 Å². The largest absolute Gasteiger partial charge is 0.308 e. The molecule has 2 aromatic heterocycles. The number of thiophene rings is 1. The number of nitrogens with zero attached hydrogens (tertiary/aromatic N) is 2. The molecule has 0 fully saturated rings. The van der Waals surface area contributed by atoms with Crippen LogP contribution in [0.4, 0.5) is 0 Å². The molecule has 0 spiro atoms. The average molecular weight is 300 g/mol. The standard InChI is InChI=1S/C11H14BrN3S/c1-9(7-15-4-2-3-14-15)13-6-10-5-11(12)16-8-10/h2-5,8-9,13H,6-7H2,1H3. The summed E-state index contributed by atoms with van der Waals surface area (Å²) >= 11 is 5.18. The molecule has 2 aromatic rings. The minimum atomic E-state index is 0.415. The molecule has 0 aliphatic carbocycles. The molecule has 0 saturated carbocycles. The molecule has 16 heavy (non-hydrogen) atoms. The van der Waals surface area contributed by atoms with E-state index in [2.05, 4.69) is 44.7 Å². The fourth-order valence-corrected chi connectivity index (χ4v) is 2.69. The van der Waals surface area contributed by atoms with Crippen LogP contribution in [0.3, 0.4) is 0 Å². The molecular formula is C11H14BrN3S. The van der Waals surface area contributed by atoms with E-state index >= 15 is 0 Å². The Balaban J connectivity index is 1.77. The lowest BCUT2D eigenvalue weighted by atomic mass is 10.3. The number of hydrogen-bond donors (Lipinski definition) is 1. The molecule has 86 valence electrons. The van der Waals surface area contributed by atoms with Gasteiger partial charge in [0.25, 0.3) is 0 Å². The summed E-state index contributed by atoms with van der Waals surface area (Å²) in [4.78, 5) is 0. The van der Waals surface area contributed by atoms with Crippen molar-refractivity contribution in [3.05, 3.63) is 39.3 Å². The average Bonchev–Trinajstić information content (AvgIpc) is 2.87. The highest BCUT2D eigenvalue weighted by Crippen LogP contribution is 2.20. The molecule has 0 radical (unpaired) electrons. The Morgan fingerprint density at radius 2 is 2.50 bits per heavy atom. The minimum absolute atomic E-state index is 0.415. The number of aromatic nitrogens is 2. The van der Waals surface area contributed by atoms with E-state index < -0.39 is 0 Å². The molecule has 1 atom stereocenters. The van der Waals surface area contributed by atoms with Crippen LogP contribution < -0.4 is 5.32 Å². The van der Waals surface area contributed by atoms with Crippen LogP contribution in [0.25, 0.3) is 0 Å².